The van der Waals surface area contributed by atoms with Crippen molar-refractivity contribution < 1.29 is 14.1 Å². The number of nitrogens with zero attached hydrogens (tertiary/aromatic N) is 1. The molecule has 0 unspecified atom stereocenters. The van der Waals surface area contributed by atoms with E-state index >= 15 is 0 Å². The SMILES string of the molecule is CN(C)C[C@@H]1CC[C@@H](CCB2OC(C)(C)C(C)(C)O2)C[C@@H]1C(=O)NC(C)(C)C. The molecule has 1 saturated heterocycles. The van der Waals surface area contributed by atoms with Crippen LogP contribution in [0.5, 0.6) is 0 Å². The van der Waals surface area contributed by atoms with Gasteiger partial charge in [-0.05, 0) is 93.6 Å². The third-order valence-electron chi connectivity index (χ3n) is 6.65. The molecule has 1 aliphatic carbocycles. The third-order valence-corrected chi connectivity index (χ3v) is 6.65. The minimum atomic E-state index is -0.268. The van der Waals surface area contributed by atoms with Gasteiger partial charge in [-0.15, -0.1) is 0 Å². The molecule has 28 heavy (non-hydrogen) atoms. The molecule has 1 amide bonds. The van der Waals surface area contributed by atoms with Gasteiger partial charge in [0.15, 0.2) is 0 Å². The zero-order chi connectivity index (χ0) is 21.3. The second-order valence-corrected chi connectivity index (χ2v) is 11.3. The van der Waals surface area contributed by atoms with Crippen LogP contribution in [0.3, 0.4) is 0 Å². The van der Waals surface area contributed by atoms with Gasteiger partial charge in [0.2, 0.25) is 5.91 Å². The van der Waals surface area contributed by atoms with Gasteiger partial charge in [-0.1, -0.05) is 12.8 Å². The molecule has 1 N–H and O–H groups in total. The van der Waals surface area contributed by atoms with Gasteiger partial charge in [0.25, 0.3) is 0 Å². The first-order valence-corrected chi connectivity index (χ1v) is 11.0. The first-order valence-electron chi connectivity index (χ1n) is 11.0. The Labute approximate surface area is 173 Å². The van der Waals surface area contributed by atoms with Crippen molar-refractivity contribution in [1.29, 1.82) is 0 Å². The molecule has 1 saturated carbocycles. The van der Waals surface area contributed by atoms with Gasteiger partial charge >= 0.3 is 7.12 Å². The Hall–Kier alpha value is -0.585. The Kier molecular flexibility index (Phi) is 7.32. The van der Waals surface area contributed by atoms with E-state index in [0.717, 1.165) is 32.1 Å². The van der Waals surface area contributed by atoms with E-state index in [1.54, 1.807) is 0 Å². The number of nitrogens with one attached hydrogen (secondary N) is 1. The van der Waals surface area contributed by atoms with E-state index in [9.17, 15) is 4.79 Å². The van der Waals surface area contributed by atoms with Gasteiger partial charge in [0.05, 0.1) is 11.2 Å². The molecule has 3 atom stereocenters. The summed E-state index contributed by atoms with van der Waals surface area (Å²) in [4.78, 5) is 15.2. The van der Waals surface area contributed by atoms with Gasteiger partial charge in [0.1, 0.15) is 0 Å². The van der Waals surface area contributed by atoms with E-state index in [2.05, 4.69) is 72.8 Å². The maximum absolute atomic E-state index is 13.0. The summed E-state index contributed by atoms with van der Waals surface area (Å²) in [5, 5.41) is 3.22. The van der Waals surface area contributed by atoms with E-state index < -0.39 is 0 Å². The Morgan fingerprint density at radius 2 is 1.68 bits per heavy atom. The van der Waals surface area contributed by atoms with Crippen LogP contribution in [-0.4, -0.2) is 55.3 Å². The van der Waals surface area contributed by atoms with Crippen molar-refractivity contribution in [3.63, 3.8) is 0 Å². The van der Waals surface area contributed by atoms with E-state index in [4.69, 9.17) is 9.31 Å². The Balaban J connectivity index is 1.95. The lowest BCUT2D eigenvalue weighted by molar-refractivity contribution is -0.130. The summed E-state index contributed by atoms with van der Waals surface area (Å²) in [6.07, 6.45) is 5.25. The van der Waals surface area contributed by atoms with Gasteiger partial charge in [-0.2, -0.15) is 0 Å². The van der Waals surface area contributed by atoms with Crippen LogP contribution in [0.2, 0.25) is 6.32 Å². The summed E-state index contributed by atoms with van der Waals surface area (Å²) in [7, 11) is 4.07. The van der Waals surface area contributed by atoms with Crippen LogP contribution in [0.1, 0.15) is 74.1 Å². The second-order valence-electron chi connectivity index (χ2n) is 11.3. The molecule has 0 radical (unpaired) electrons. The maximum Gasteiger partial charge on any atom is 0.457 e. The lowest BCUT2D eigenvalue weighted by atomic mass is 9.69. The van der Waals surface area contributed by atoms with E-state index in [1.807, 2.05) is 0 Å². The van der Waals surface area contributed by atoms with Crippen molar-refractivity contribution in [2.75, 3.05) is 20.6 Å². The highest BCUT2D eigenvalue weighted by molar-refractivity contribution is 6.45. The second kappa shape index (κ2) is 8.65. The van der Waals surface area contributed by atoms with Gasteiger partial charge < -0.3 is 19.5 Å². The molecular formula is C22H43BN2O3. The van der Waals surface area contributed by atoms with Crippen molar-refractivity contribution >= 4 is 13.0 Å². The van der Waals surface area contributed by atoms with Crippen molar-refractivity contribution in [3.05, 3.63) is 0 Å². The minimum Gasteiger partial charge on any atom is -0.403 e. The number of hydrogen-bond acceptors (Lipinski definition) is 4. The molecule has 0 aromatic heterocycles. The number of rotatable bonds is 6. The fraction of sp³-hybridized carbons (Fsp3) is 0.955. The quantitative estimate of drug-likeness (QED) is 0.693. The standard InChI is InChI=1S/C22H43BN2O3/c1-20(2,3)24-19(26)18-14-16(10-11-17(18)15-25(8)9)12-13-23-27-21(4,5)22(6,7)28-23/h16-18H,10-15H2,1-9H3,(H,24,26)/t16-,17-,18-/m0/s1. The Bertz CT molecular complexity index is 526. The first kappa shape index (κ1) is 23.7. The summed E-state index contributed by atoms with van der Waals surface area (Å²) in [5.74, 6) is 1.32. The van der Waals surface area contributed by atoms with Crippen LogP contribution >= 0.6 is 0 Å². The fourth-order valence-corrected chi connectivity index (χ4v) is 4.51. The third kappa shape index (κ3) is 6.20. The summed E-state index contributed by atoms with van der Waals surface area (Å²) in [6.45, 7) is 15.6. The van der Waals surface area contributed by atoms with Crippen LogP contribution in [-0.2, 0) is 14.1 Å². The molecule has 6 heteroatoms. The molecule has 0 aromatic rings. The number of carbonyl (C=O) groups is 1. The monoisotopic (exact) mass is 394 g/mol. The smallest absolute Gasteiger partial charge is 0.403 e. The van der Waals surface area contributed by atoms with Crippen molar-refractivity contribution in [2.24, 2.45) is 17.8 Å². The predicted octanol–water partition coefficient (Wildman–Crippen LogP) is 3.98. The van der Waals surface area contributed by atoms with Crippen LogP contribution in [0, 0.1) is 17.8 Å². The highest BCUT2D eigenvalue weighted by Crippen LogP contribution is 2.41. The highest BCUT2D eigenvalue weighted by atomic mass is 16.7. The zero-order valence-corrected chi connectivity index (χ0v) is 19.7. The van der Waals surface area contributed by atoms with E-state index in [1.165, 1.54) is 6.42 Å². The molecule has 2 aliphatic rings. The van der Waals surface area contributed by atoms with Crippen LogP contribution < -0.4 is 5.32 Å². The summed E-state index contributed by atoms with van der Waals surface area (Å²) >= 11 is 0. The summed E-state index contributed by atoms with van der Waals surface area (Å²) in [5.41, 5.74) is -0.721. The zero-order valence-electron chi connectivity index (χ0n) is 19.7. The van der Waals surface area contributed by atoms with Crippen LogP contribution in [0.25, 0.3) is 0 Å². The Morgan fingerprint density at radius 1 is 1.11 bits per heavy atom. The number of hydrogen-bond donors (Lipinski definition) is 1. The van der Waals surface area contributed by atoms with Gasteiger partial charge in [-0.3, -0.25) is 4.79 Å². The van der Waals surface area contributed by atoms with Gasteiger partial charge in [0, 0.05) is 18.0 Å². The summed E-state index contributed by atoms with van der Waals surface area (Å²) in [6, 6.07) is 0. The molecule has 0 aromatic carbocycles. The number of amides is 1. The lowest BCUT2D eigenvalue weighted by Crippen LogP contribution is -2.48. The van der Waals surface area contributed by atoms with Crippen molar-refractivity contribution in [2.45, 2.75) is 97.2 Å². The molecule has 162 valence electrons. The predicted molar refractivity (Wildman–Crippen MR) is 116 cm³/mol. The van der Waals surface area contributed by atoms with Crippen LogP contribution in [0.4, 0.5) is 0 Å². The topological polar surface area (TPSA) is 50.8 Å². The fourth-order valence-electron chi connectivity index (χ4n) is 4.51. The maximum atomic E-state index is 13.0. The molecule has 1 heterocycles. The Morgan fingerprint density at radius 3 is 2.18 bits per heavy atom. The summed E-state index contributed by atoms with van der Waals surface area (Å²) < 4.78 is 12.3. The molecule has 0 bridgehead atoms. The molecule has 2 fully saturated rings. The molecule has 1 aliphatic heterocycles. The first-order chi connectivity index (χ1) is 12.7. The minimum absolute atomic E-state index is 0.0960. The average molecular weight is 394 g/mol. The average Bonchev–Trinajstić information content (AvgIpc) is 2.71. The van der Waals surface area contributed by atoms with Crippen molar-refractivity contribution in [1.82, 2.24) is 10.2 Å². The van der Waals surface area contributed by atoms with E-state index in [0.29, 0.717) is 11.8 Å². The molecule has 2 rings (SSSR count). The van der Waals surface area contributed by atoms with Gasteiger partial charge in [-0.25, -0.2) is 0 Å². The molecular weight excluding hydrogens is 351 g/mol. The lowest BCUT2D eigenvalue weighted by Gasteiger charge is -2.38. The molecule has 5 nitrogen and oxygen atoms in total. The van der Waals surface area contributed by atoms with E-state index in [-0.39, 0.29) is 35.7 Å². The van der Waals surface area contributed by atoms with Crippen LogP contribution in [0.15, 0.2) is 0 Å². The molecule has 0 spiro atoms. The van der Waals surface area contributed by atoms with Crippen molar-refractivity contribution in [3.8, 4) is 0 Å². The highest BCUT2D eigenvalue weighted by Gasteiger charge is 2.50. The largest absolute Gasteiger partial charge is 0.457 e. The normalized spacial score (nSPS) is 29.9. The number of carbonyl (C=O) groups excluding carboxylic acids is 1.